The summed E-state index contributed by atoms with van der Waals surface area (Å²) in [7, 11) is 1.48. The molecule has 0 aliphatic carbocycles. The molecule has 4 nitrogen and oxygen atoms in total. The minimum absolute atomic E-state index is 0.0962. The molecule has 0 N–H and O–H groups in total. The lowest BCUT2D eigenvalue weighted by atomic mass is 10.3. The zero-order valence-corrected chi connectivity index (χ0v) is 11.4. The van der Waals surface area contributed by atoms with Gasteiger partial charge in [-0.2, -0.15) is 9.78 Å². The first kappa shape index (κ1) is 13.2. The van der Waals surface area contributed by atoms with Crippen molar-refractivity contribution in [2.24, 2.45) is 0 Å². The normalized spacial score (nSPS) is 10.4. The molecule has 0 amide bonds. The van der Waals surface area contributed by atoms with Crippen LogP contribution in [0.2, 0.25) is 15.1 Å². The Bertz CT molecular complexity index is 655. The minimum atomic E-state index is -0.537. The van der Waals surface area contributed by atoms with Gasteiger partial charge in [-0.3, -0.25) is 4.79 Å². The van der Waals surface area contributed by atoms with Gasteiger partial charge in [0.2, 0.25) is 0 Å². The summed E-state index contributed by atoms with van der Waals surface area (Å²) in [5.41, 5.74) is -0.140. The fourth-order valence-electron chi connectivity index (χ4n) is 1.41. The van der Waals surface area contributed by atoms with Crippen LogP contribution in [0.4, 0.5) is 0 Å². The highest BCUT2D eigenvalue weighted by Gasteiger charge is 2.13. The van der Waals surface area contributed by atoms with Gasteiger partial charge in [-0.15, -0.1) is 0 Å². The summed E-state index contributed by atoms with van der Waals surface area (Å²) < 4.78 is 6.23. The molecule has 0 saturated carbocycles. The summed E-state index contributed by atoms with van der Waals surface area (Å²) in [6.45, 7) is 0. The quantitative estimate of drug-likeness (QED) is 0.856. The second-order valence-electron chi connectivity index (χ2n) is 3.34. The fourth-order valence-corrected chi connectivity index (χ4v) is 1.83. The molecule has 0 bridgehead atoms. The Kier molecular flexibility index (Phi) is 3.80. The molecule has 0 atom stereocenters. The molecule has 1 aromatic heterocycles. The van der Waals surface area contributed by atoms with Gasteiger partial charge in [-0.05, 0) is 18.2 Å². The van der Waals surface area contributed by atoms with Crippen LogP contribution >= 0.6 is 34.8 Å². The van der Waals surface area contributed by atoms with Crippen LogP contribution < -0.4 is 10.3 Å². The average molecular weight is 306 g/mol. The Morgan fingerprint density at radius 3 is 2.67 bits per heavy atom. The maximum Gasteiger partial charge on any atom is 0.291 e. The molecule has 0 radical (unpaired) electrons. The standard InChI is InChI=1S/C11H7Cl3N2O2/c1-18-9-3-2-6(12)4-8(9)16-11(17)10(14)7(13)5-15-16/h2-5H,1H3. The van der Waals surface area contributed by atoms with Gasteiger partial charge in [0.1, 0.15) is 16.5 Å². The average Bonchev–Trinajstić information content (AvgIpc) is 2.36. The molecule has 0 aliphatic rings. The number of aromatic nitrogens is 2. The van der Waals surface area contributed by atoms with Crippen LogP contribution in [0.15, 0.2) is 29.2 Å². The molecule has 2 aromatic rings. The molecule has 2 rings (SSSR count). The van der Waals surface area contributed by atoms with Crippen molar-refractivity contribution in [2.75, 3.05) is 7.11 Å². The summed E-state index contributed by atoms with van der Waals surface area (Å²) in [6.07, 6.45) is 1.28. The molecule has 1 aromatic carbocycles. The van der Waals surface area contributed by atoms with Crippen molar-refractivity contribution in [2.45, 2.75) is 0 Å². The highest BCUT2D eigenvalue weighted by molar-refractivity contribution is 6.41. The lowest BCUT2D eigenvalue weighted by Gasteiger charge is -2.10. The summed E-state index contributed by atoms with van der Waals surface area (Å²) >= 11 is 17.4. The van der Waals surface area contributed by atoms with E-state index in [1.807, 2.05) is 0 Å². The van der Waals surface area contributed by atoms with E-state index < -0.39 is 5.56 Å². The van der Waals surface area contributed by atoms with Gasteiger partial charge in [0.25, 0.3) is 5.56 Å². The van der Waals surface area contributed by atoms with Crippen LogP contribution in [0.3, 0.4) is 0 Å². The van der Waals surface area contributed by atoms with Crippen molar-refractivity contribution in [3.63, 3.8) is 0 Å². The second kappa shape index (κ2) is 5.18. The zero-order chi connectivity index (χ0) is 13.3. The van der Waals surface area contributed by atoms with Crippen molar-refractivity contribution < 1.29 is 4.74 Å². The fraction of sp³-hybridized carbons (Fsp3) is 0.0909. The number of ether oxygens (including phenoxy) is 1. The van der Waals surface area contributed by atoms with Gasteiger partial charge in [-0.1, -0.05) is 34.8 Å². The van der Waals surface area contributed by atoms with Crippen molar-refractivity contribution >= 4 is 34.8 Å². The largest absolute Gasteiger partial charge is 0.494 e. The Morgan fingerprint density at radius 1 is 1.28 bits per heavy atom. The van der Waals surface area contributed by atoms with Gasteiger partial charge < -0.3 is 4.74 Å². The maximum atomic E-state index is 12.0. The predicted molar refractivity (Wildman–Crippen MR) is 71.4 cm³/mol. The van der Waals surface area contributed by atoms with Gasteiger partial charge in [0, 0.05) is 5.02 Å². The van der Waals surface area contributed by atoms with Crippen molar-refractivity contribution in [1.29, 1.82) is 0 Å². The van der Waals surface area contributed by atoms with Crippen LogP contribution in [-0.2, 0) is 0 Å². The molecule has 0 saturated heterocycles. The molecule has 7 heteroatoms. The van der Waals surface area contributed by atoms with Gasteiger partial charge in [-0.25, -0.2) is 0 Å². The first-order valence-electron chi connectivity index (χ1n) is 4.82. The molecule has 1 heterocycles. The van der Waals surface area contributed by atoms with E-state index in [1.165, 1.54) is 13.3 Å². The van der Waals surface area contributed by atoms with E-state index >= 15 is 0 Å². The van der Waals surface area contributed by atoms with E-state index in [0.717, 1.165) is 4.68 Å². The third kappa shape index (κ3) is 2.32. The van der Waals surface area contributed by atoms with Crippen molar-refractivity contribution in [3.8, 4) is 11.4 Å². The monoisotopic (exact) mass is 304 g/mol. The third-order valence-corrected chi connectivity index (χ3v) is 3.23. The van der Waals surface area contributed by atoms with Crippen LogP contribution in [0, 0.1) is 0 Å². The summed E-state index contributed by atoms with van der Waals surface area (Å²) in [6, 6.07) is 4.83. The first-order valence-corrected chi connectivity index (χ1v) is 5.95. The number of nitrogens with zero attached hydrogens (tertiary/aromatic N) is 2. The SMILES string of the molecule is COc1ccc(Cl)cc1-n1ncc(Cl)c(Cl)c1=O. The van der Waals surface area contributed by atoms with E-state index in [9.17, 15) is 4.79 Å². The number of methoxy groups -OCH3 is 1. The van der Waals surface area contributed by atoms with Gasteiger partial charge >= 0.3 is 0 Å². The smallest absolute Gasteiger partial charge is 0.291 e. The highest BCUT2D eigenvalue weighted by atomic mass is 35.5. The number of benzene rings is 1. The van der Waals surface area contributed by atoms with E-state index in [4.69, 9.17) is 39.5 Å². The topological polar surface area (TPSA) is 44.1 Å². The third-order valence-electron chi connectivity index (χ3n) is 2.25. The lowest BCUT2D eigenvalue weighted by molar-refractivity contribution is 0.411. The highest BCUT2D eigenvalue weighted by Crippen LogP contribution is 2.25. The van der Waals surface area contributed by atoms with Crippen LogP contribution in [0.25, 0.3) is 5.69 Å². The number of halogens is 3. The number of rotatable bonds is 2. The Morgan fingerprint density at radius 2 is 2.00 bits per heavy atom. The van der Waals surface area contributed by atoms with Crippen LogP contribution in [-0.4, -0.2) is 16.9 Å². The summed E-state index contributed by atoms with van der Waals surface area (Å²) in [4.78, 5) is 12.0. The van der Waals surface area contributed by atoms with Crippen molar-refractivity contribution in [3.05, 3.63) is 49.8 Å². The molecule has 0 aliphatic heterocycles. The second-order valence-corrected chi connectivity index (χ2v) is 4.56. The Hall–Kier alpha value is -1.23. The predicted octanol–water partition coefficient (Wildman–Crippen LogP) is 3.20. The maximum absolute atomic E-state index is 12.0. The summed E-state index contributed by atoms with van der Waals surface area (Å²) in [5, 5.41) is 4.35. The van der Waals surface area contributed by atoms with Crippen LogP contribution in [0.1, 0.15) is 0 Å². The molecular weight excluding hydrogens is 298 g/mol. The molecule has 0 fully saturated rings. The first-order chi connectivity index (χ1) is 8.54. The van der Waals surface area contributed by atoms with Gasteiger partial charge in [0.15, 0.2) is 0 Å². The van der Waals surface area contributed by atoms with E-state index in [0.29, 0.717) is 16.5 Å². The summed E-state index contributed by atoms with van der Waals surface area (Å²) in [5.74, 6) is 0.451. The van der Waals surface area contributed by atoms with Crippen molar-refractivity contribution in [1.82, 2.24) is 9.78 Å². The van der Waals surface area contributed by atoms with E-state index in [-0.39, 0.29) is 10.0 Å². The Balaban J connectivity index is 2.73. The minimum Gasteiger partial charge on any atom is -0.494 e. The zero-order valence-electron chi connectivity index (χ0n) is 9.15. The number of hydrogen-bond donors (Lipinski definition) is 0. The molecule has 0 spiro atoms. The molecular formula is C11H7Cl3N2O2. The Labute approximate surface area is 118 Å². The van der Waals surface area contributed by atoms with E-state index in [2.05, 4.69) is 5.10 Å². The molecule has 18 heavy (non-hydrogen) atoms. The molecule has 0 unspecified atom stereocenters. The van der Waals surface area contributed by atoms with Crippen LogP contribution in [0.5, 0.6) is 5.75 Å². The molecule has 94 valence electrons. The van der Waals surface area contributed by atoms with E-state index in [1.54, 1.807) is 18.2 Å². The lowest BCUT2D eigenvalue weighted by Crippen LogP contribution is -2.22. The van der Waals surface area contributed by atoms with Gasteiger partial charge in [0.05, 0.1) is 18.3 Å². The number of hydrogen-bond acceptors (Lipinski definition) is 3.